The lowest BCUT2D eigenvalue weighted by Gasteiger charge is -2.41. The summed E-state index contributed by atoms with van der Waals surface area (Å²) in [6.07, 6.45) is 7.05. The van der Waals surface area contributed by atoms with Crippen LogP contribution in [0.3, 0.4) is 0 Å². The van der Waals surface area contributed by atoms with Gasteiger partial charge in [-0.15, -0.1) is 24.0 Å². The van der Waals surface area contributed by atoms with Crippen molar-refractivity contribution in [1.29, 1.82) is 0 Å². The second kappa shape index (κ2) is 12.2. The summed E-state index contributed by atoms with van der Waals surface area (Å²) in [5.41, 5.74) is 3.25. The number of hydrogen-bond acceptors (Lipinski definition) is 3. The monoisotopic (exact) mass is 529 g/mol. The van der Waals surface area contributed by atoms with Gasteiger partial charge in [-0.2, -0.15) is 0 Å². The predicted octanol–water partition coefficient (Wildman–Crippen LogP) is 4.42. The average Bonchev–Trinajstić information content (AvgIpc) is 2.72. The summed E-state index contributed by atoms with van der Waals surface area (Å²) in [7, 11) is 1.79. The van der Waals surface area contributed by atoms with Crippen molar-refractivity contribution in [1.82, 2.24) is 10.6 Å². The predicted molar refractivity (Wildman–Crippen MR) is 135 cm³/mol. The fraction of sp³-hybridized carbons (Fsp3) is 0.708. The highest BCUT2D eigenvalue weighted by Gasteiger charge is 2.37. The minimum atomic E-state index is 0. The minimum absolute atomic E-state index is 0. The van der Waals surface area contributed by atoms with Crippen molar-refractivity contribution < 1.29 is 9.47 Å². The smallest absolute Gasteiger partial charge is 0.191 e. The summed E-state index contributed by atoms with van der Waals surface area (Å²) in [6.45, 7) is 9.47. The fourth-order valence-corrected chi connectivity index (χ4v) is 4.80. The first-order chi connectivity index (χ1) is 14.1. The molecule has 0 radical (unpaired) electrons. The topological polar surface area (TPSA) is 54.9 Å². The second-order valence-corrected chi connectivity index (χ2v) is 8.85. The van der Waals surface area contributed by atoms with Crippen LogP contribution in [0.25, 0.3) is 0 Å². The maximum absolute atomic E-state index is 5.71. The molecule has 0 atom stereocenters. The SMILES string of the molecule is CCNC(=NCC1(CCOC)CCC1)NCC1(c2ccccc2C)CCOCC1.I. The number of rotatable bonds is 9. The van der Waals surface area contributed by atoms with E-state index < -0.39 is 0 Å². The average molecular weight is 530 g/mol. The van der Waals surface area contributed by atoms with Crippen LogP contribution in [0.1, 0.15) is 56.6 Å². The van der Waals surface area contributed by atoms with E-state index in [9.17, 15) is 0 Å². The Morgan fingerprint density at radius 3 is 2.47 bits per heavy atom. The van der Waals surface area contributed by atoms with Gasteiger partial charge in [-0.3, -0.25) is 4.99 Å². The van der Waals surface area contributed by atoms with Gasteiger partial charge in [-0.1, -0.05) is 30.7 Å². The number of nitrogens with zero attached hydrogens (tertiary/aromatic N) is 1. The van der Waals surface area contributed by atoms with Crippen molar-refractivity contribution in [3.8, 4) is 0 Å². The van der Waals surface area contributed by atoms with E-state index in [1.807, 2.05) is 0 Å². The van der Waals surface area contributed by atoms with Gasteiger partial charge in [0.15, 0.2) is 5.96 Å². The maximum Gasteiger partial charge on any atom is 0.191 e. The third-order valence-corrected chi connectivity index (χ3v) is 6.93. The first-order valence-electron chi connectivity index (χ1n) is 11.3. The first kappa shape index (κ1) is 25.4. The maximum atomic E-state index is 5.71. The lowest BCUT2D eigenvalue weighted by atomic mass is 9.67. The zero-order valence-electron chi connectivity index (χ0n) is 19.0. The Balaban J connectivity index is 0.00000320. The van der Waals surface area contributed by atoms with Gasteiger partial charge in [0.05, 0.1) is 0 Å². The molecule has 0 bridgehead atoms. The van der Waals surface area contributed by atoms with E-state index in [0.717, 1.165) is 64.7 Å². The Bertz CT molecular complexity index is 670. The van der Waals surface area contributed by atoms with E-state index in [2.05, 4.69) is 48.7 Å². The lowest BCUT2D eigenvalue weighted by Crippen LogP contribution is -2.48. The van der Waals surface area contributed by atoms with Gasteiger partial charge in [0, 0.05) is 52.0 Å². The Morgan fingerprint density at radius 2 is 1.87 bits per heavy atom. The summed E-state index contributed by atoms with van der Waals surface area (Å²) < 4.78 is 11.0. The van der Waals surface area contributed by atoms with Gasteiger partial charge in [0.1, 0.15) is 0 Å². The van der Waals surface area contributed by atoms with Crippen LogP contribution in [-0.4, -0.2) is 52.5 Å². The van der Waals surface area contributed by atoms with Crippen molar-refractivity contribution in [2.75, 3.05) is 46.6 Å². The number of methoxy groups -OCH3 is 1. The van der Waals surface area contributed by atoms with Crippen molar-refractivity contribution >= 4 is 29.9 Å². The molecule has 30 heavy (non-hydrogen) atoms. The van der Waals surface area contributed by atoms with E-state index in [1.165, 1.54) is 30.4 Å². The minimum Gasteiger partial charge on any atom is -0.385 e. The van der Waals surface area contributed by atoms with Crippen LogP contribution in [-0.2, 0) is 14.9 Å². The highest BCUT2D eigenvalue weighted by Crippen LogP contribution is 2.44. The standard InChI is InChI=1S/C24H39N3O2.HI/c1-4-25-22(26-18-23(10-7-11-23)12-15-28-3)27-19-24(13-16-29-17-14-24)21-9-6-5-8-20(21)2;/h5-6,8-9H,4,7,10-19H2,1-3H3,(H2,25,26,27);1H. The van der Waals surface area contributed by atoms with Crippen molar-refractivity contribution in [2.45, 2.75) is 57.8 Å². The molecule has 0 amide bonds. The molecule has 2 N–H and O–H groups in total. The number of benzene rings is 1. The van der Waals surface area contributed by atoms with E-state index in [-0.39, 0.29) is 29.4 Å². The Morgan fingerprint density at radius 1 is 1.13 bits per heavy atom. The molecular formula is C24H40IN3O2. The molecule has 0 spiro atoms. The van der Waals surface area contributed by atoms with Gasteiger partial charge in [0.2, 0.25) is 0 Å². The quantitative estimate of drug-likeness (QED) is 0.283. The highest BCUT2D eigenvalue weighted by molar-refractivity contribution is 14.0. The molecule has 1 saturated carbocycles. The fourth-order valence-electron chi connectivity index (χ4n) is 4.80. The van der Waals surface area contributed by atoms with Crippen molar-refractivity contribution in [3.05, 3.63) is 35.4 Å². The van der Waals surface area contributed by atoms with Gasteiger partial charge >= 0.3 is 0 Å². The van der Waals surface area contributed by atoms with Gasteiger partial charge in [0.25, 0.3) is 0 Å². The van der Waals surface area contributed by atoms with E-state index in [0.29, 0.717) is 5.41 Å². The molecule has 0 aromatic heterocycles. The number of aryl methyl sites for hydroxylation is 1. The largest absolute Gasteiger partial charge is 0.385 e. The molecule has 1 aromatic carbocycles. The number of hydrogen-bond donors (Lipinski definition) is 2. The van der Waals surface area contributed by atoms with Crippen LogP contribution in [0.5, 0.6) is 0 Å². The summed E-state index contributed by atoms with van der Waals surface area (Å²) in [6, 6.07) is 8.81. The number of guanidine groups is 1. The molecule has 5 nitrogen and oxygen atoms in total. The van der Waals surface area contributed by atoms with Crippen LogP contribution in [0.2, 0.25) is 0 Å². The second-order valence-electron chi connectivity index (χ2n) is 8.85. The Labute approximate surface area is 199 Å². The Hall–Kier alpha value is -0.860. The number of halogens is 1. The summed E-state index contributed by atoms with van der Waals surface area (Å²) in [5, 5.41) is 7.14. The molecule has 3 rings (SSSR count). The van der Waals surface area contributed by atoms with Crippen molar-refractivity contribution in [3.63, 3.8) is 0 Å². The zero-order chi connectivity index (χ0) is 20.6. The van der Waals surface area contributed by atoms with Gasteiger partial charge in [-0.25, -0.2) is 0 Å². The van der Waals surface area contributed by atoms with E-state index >= 15 is 0 Å². The molecule has 1 heterocycles. The molecular weight excluding hydrogens is 489 g/mol. The van der Waals surface area contributed by atoms with Gasteiger partial charge < -0.3 is 20.1 Å². The lowest BCUT2D eigenvalue weighted by molar-refractivity contribution is 0.0511. The van der Waals surface area contributed by atoms with Crippen LogP contribution in [0.4, 0.5) is 0 Å². The third-order valence-electron chi connectivity index (χ3n) is 6.93. The normalized spacial score (nSPS) is 20.0. The number of nitrogens with one attached hydrogen (secondary N) is 2. The summed E-state index contributed by atoms with van der Waals surface area (Å²) >= 11 is 0. The molecule has 2 aliphatic rings. The summed E-state index contributed by atoms with van der Waals surface area (Å²) in [4.78, 5) is 5.00. The van der Waals surface area contributed by atoms with E-state index in [1.54, 1.807) is 7.11 Å². The first-order valence-corrected chi connectivity index (χ1v) is 11.3. The molecule has 0 unspecified atom stereocenters. The molecule has 1 saturated heterocycles. The van der Waals surface area contributed by atoms with Crippen LogP contribution >= 0.6 is 24.0 Å². The Kier molecular flexibility index (Phi) is 10.4. The highest BCUT2D eigenvalue weighted by atomic mass is 127. The molecule has 1 aliphatic carbocycles. The molecule has 2 fully saturated rings. The van der Waals surface area contributed by atoms with Crippen LogP contribution < -0.4 is 10.6 Å². The summed E-state index contributed by atoms with van der Waals surface area (Å²) in [5.74, 6) is 0.940. The van der Waals surface area contributed by atoms with Gasteiger partial charge in [-0.05, 0) is 62.5 Å². The number of aliphatic imine (C=N–C) groups is 1. The number of ether oxygens (including phenoxy) is 2. The molecule has 6 heteroatoms. The zero-order valence-corrected chi connectivity index (χ0v) is 21.3. The van der Waals surface area contributed by atoms with Crippen LogP contribution in [0, 0.1) is 12.3 Å². The van der Waals surface area contributed by atoms with Crippen LogP contribution in [0.15, 0.2) is 29.3 Å². The third kappa shape index (κ3) is 6.33. The molecule has 170 valence electrons. The van der Waals surface area contributed by atoms with E-state index in [4.69, 9.17) is 14.5 Å². The molecule has 1 aliphatic heterocycles. The van der Waals surface area contributed by atoms with Crippen molar-refractivity contribution in [2.24, 2.45) is 10.4 Å². The molecule has 1 aromatic rings.